The van der Waals surface area contributed by atoms with Gasteiger partial charge in [0.05, 0.1) is 23.2 Å². The first kappa shape index (κ1) is 26.1. The average Bonchev–Trinajstić information content (AvgIpc) is 2.93. The van der Waals surface area contributed by atoms with Crippen LogP contribution >= 0.6 is 0 Å². The van der Waals surface area contributed by atoms with E-state index in [1.54, 1.807) is 41.3 Å². The molecule has 0 aliphatic carbocycles. The van der Waals surface area contributed by atoms with Crippen LogP contribution in [0.4, 0.5) is 5.69 Å². The predicted molar refractivity (Wildman–Crippen MR) is 137 cm³/mol. The number of amides is 3. The second kappa shape index (κ2) is 11.4. The minimum atomic E-state index is -4.32. The maximum absolute atomic E-state index is 13.6. The number of carbonyl (C=O) groups is 3. The second-order valence-corrected chi connectivity index (χ2v) is 10.4. The highest BCUT2D eigenvalue weighted by molar-refractivity contribution is 7.93. The third-order valence-electron chi connectivity index (χ3n) is 6.07. The zero-order valence-electron chi connectivity index (χ0n) is 20.0. The molecule has 4 rings (SSSR count). The van der Waals surface area contributed by atoms with Gasteiger partial charge in [-0.2, -0.15) is 4.31 Å². The number of nitrogens with one attached hydrogen (secondary N) is 1. The number of hydrogen-bond acceptors (Lipinski definition) is 6. The van der Waals surface area contributed by atoms with Crippen LogP contribution in [-0.2, 0) is 14.8 Å². The van der Waals surface area contributed by atoms with Gasteiger partial charge in [0.15, 0.2) is 0 Å². The third-order valence-corrected chi connectivity index (χ3v) is 7.79. The Hall–Kier alpha value is -4.02. The molecule has 1 heterocycles. The maximum atomic E-state index is 13.6. The van der Waals surface area contributed by atoms with E-state index in [0.717, 1.165) is 4.31 Å². The van der Waals surface area contributed by atoms with Gasteiger partial charge in [-0.3, -0.25) is 14.4 Å². The van der Waals surface area contributed by atoms with Crippen LogP contribution in [0.25, 0.3) is 0 Å². The van der Waals surface area contributed by atoms with Crippen LogP contribution in [0.1, 0.15) is 33.6 Å². The van der Waals surface area contributed by atoms with E-state index in [0.29, 0.717) is 25.9 Å². The first-order valence-electron chi connectivity index (χ1n) is 11.8. The van der Waals surface area contributed by atoms with Gasteiger partial charge in [0.1, 0.15) is 0 Å². The Kier molecular flexibility index (Phi) is 8.00. The number of likely N-dealkylation sites (tertiary alicyclic amines) is 1. The molecular formula is C27H27N3O6S. The first-order chi connectivity index (χ1) is 17.8. The minimum absolute atomic E-state index is 0.167. The molecule has 0 radical (unpaired) electrons. The Labute approximate surface area is 215 Å². The highest BCUT2D eigenvalue weighted by atomic mass is 32.2. The van der Waals surface area contributed by atoms with Crippen molar-refractivity contribution in [2.45, 2.75) is 23.8 Å². The summed E-state index contributed by atoms with van der Waals surface area (Å²) in [4.78, 5) is 39.6. The van der Waals surface area contributed by atoms with Gasteiger partial charge in [0, 0.05) is 24.2 Å². The van der Waals surface area contributed by atoms with Gasteiger partial charge < -0.3 is 15.3 Å². The Morgan fingerprint density at radius 1 is 0.838 bits per heavy atom. The van der Waals surface area contributed by atoms with Crippen molar-refractivity contribution in [3.8, 4) is 0 Å². The molecular weight excluding hydrogens is 494 g/mol. The fourth-order valence-electron chi connectivity index (χ4n) is 4.00. The van der Waals surface area contributed by atoms with E-state index >= 15 is 0 Å². The van der Waals surface area contributed by atoms with E-state index in [-0.39, 0.29) is 34.2 Å². The quantitative estimate of drug-likeness (QED) is 0.492. The number of aliphatic hydroxyl groups excluding tert-OH is 1. The molecule has 0 saturated carbocycles. The van der Waals surface area contributed by atoms with Crippen LogP contribution < -0.4 is 9.62 Å². The summed E-state index contributed by atoms with van der Waals surface area (Å²) in [5.41, 5.74) is 0.558. The number of para-hydroxylation sites is 1. The van der Waals surface area contributed by atoms with Gasteiger partial charge in [-0.15, -0.1) is 0 Å². The summed E-state index contributed by atoms with van der Waals surface area (Å²) in [5.74, 6) is -1.50. The number of hydrogen-bond donors (Lipinski definition) is 2. The molecule has 0 bridgehead atoms. The zero-order valence-corrected chi connectivity index (χ0v) is 20.8. The zero-order chi connectivity index (χ0) is 26.4. The molecule has 0 atom stereocenters. The van der Waals surface area contributed by atoms with Crippen molar-refractivity contribution >= 4 is 33.4 Å². The summed E-state index contributed by atoms with van der Waals surface area (Å²) in [5, 5.41) is 12.1. The topological polar surface area (TPSA) is 124 Å². The lowest BCUT2D eigenvalue weighted by atomic mass is 10.1. The van der Waals surface area contributed by atoms with Crippen molar-refractivity contribution < 1.29 is 27.9 Å². The Morgan fingerprint density at radius 2 is 1.41 bits per heavy atom. The Balaban J connectivity index is 1.50. The highest BCUT2D eigenvalue weighted by Gasteiger charge is 2.32. The molecule has 1 aliphatic rings. The number of benzene rings is 3. The molecule has 2 N–H and O–H groups in total. The van der Waals surface area contributed by atoms with Crippen LogP contribution in [0.3, 0.4) is 0 Å². The lowest BCUT2D eigenvalue weighted by Crippen LogP contribution is -2.45. The summed E-state index contributed by atoms with van der Waals surface area (Å²) in [6.45, 7) is 0.659. The fraction of sp³-hybridized carbons (Fsp3) is 0.222. The third kappa shape index (κ3) is 6.04. The summed E-state index contributed by atoms with van der Waals surface area (Å²) in [7, 11) is -4.32. The first-order valence-corrected chi connectivity index (χ1v) is 13.3. The molecule has 3 aromatic carbocycles. The molecule has 192 valence electrons. The lowest BCUT2D eigenvalue weighted by Gasteiger charge is -2.29. The van der Waals surface area contributed by atoms with Gasteiger partial charge in [-0.1, -0.05) is 36.4 Å². The molecule has 0 spiro atoms. The predicted octanol–water partition coefficient (Wildman–Crippen LogP) is 2.44. The smallest absolute Gasteiger partial charge is 0.272 e. The summed E-state index contributed by atoms with van der Waals surface area (Å²) < 4.78 is 27.9. The molecule has 1 saturated heterocycles. The van der Waals surface area contributed by atoms with Crippen molar-refractivity contribution in [2.24, 2.45) is 0 Å². The van der Waals surface area contributed by atoms with Crippen molar-refractivity contribution in [3.05, 3.63) is 96.1 Å². The Bertz CT molecular complexity index is 1350. The molecule has 3 amide bonds. The number of aliphatic hydroxyl groups is 1. The lowest BCUT2D eigenvalue weighted by molar-refractivity contribution is -0.132. The SMILES string of the molecule is O=C(NCC(=O)N1CCC(O)CC1)c1ccc(S(=O)(=O)N(C(=O)c2ccccc2)c2ccccc2)cc1. The number of nitrogens with zero attached hydrogens (tertiary/aromatic N) is 2. The number of carbonyl (C=O) groups excluding carboxylic acids is 3. The summed E-state index contributed by atoms with van der Waals surface area (Å²) >= 11 is 0. The van der Waals surface area contributed by atoms with E-state index in [2.05, 4.69) is 5.32 Å². The van der Waals surface area contributed by atoms with Crippen LogP contribution in [0.15, 0.2) is 89.8 Å². The van der Waals surface area contributed by atoms with Crippen molar-refractivity contribution in [1.82, 2.24) is 10.2 Å². The summed E-state index contributed by atoms with van der Waals surface area (Å²) in [6, 6.07) is 21.3. The molecule has 3 aromatic rings. The average molecular weight is 522 g/mol. The number of anilines is 1. The number of piperidine rings is 1. The standard InChI is InChI=1S/C27H27N3O6S/c31-23-15-17-29(18-16-23)25(32)19-28-26(33)20-11-13-24(14-12-20)37(35,36)30(22-9-5-2-6-10-22)27(34)21-7-3-1-4-8-21/h1-14,23,31H,15-19H2,(H,28,33). The van der Waals surface area contributed by atoms with Gasteiger partial charge >= 0.3 is 0 Å². The minimum Gasteiger partial charge on any atom is -0.393 e. The molecule has 0 unspecified atom stereocenters. The molecule has 10 heteroatoms. The fourth-order valence-corrected chi connectivity index (χ4v) is 5.41. The Morgan fingerprint density at radius 3 is 2.00 bits per heavy atom. The maximum Gasteiger partial charge on any atom is 0.272 e. The van der Waals surface area contributed by atoms with Crippen LogP contribution in [0.2, 0.25) is 0 Å². The van der Waals surface area contributed by atoms with Gasteiger partial charge in [0.25, 0.3) is 21.8 Å². The van der Waals surface area contributed by atoms with Crippen LogP contribution in [0.5, 0.6) is 0 Å². The van der Waals surface area contributed by atoms with Crippen LogP contribution in [-0.4, -0.2) is 61.9 Å². The monoisotopic (exact) mass is 521 g/mol. The van der Waals surface area contributed by atoms with E-state index in [4.69, 9.17) is 0 Å². The number of sulfonamides is 1. The molecule has 37 heavy (non-hydrogen) atoms. The number of rotatable bonds is 7. The highest BCUT2D eigenvalue weighted by Crippen LogP contribution is 2.26. The van der Waals surface area contributed by atoms with E-state index in [1.165, 1.54) is 48.5 Å². The van der Waals surface area contributed by atoms with E-state index in [9.17, 15) is 27.9 Å². The second-order valence-electron chi connectivity index (χ2n) is 8.60. The van der Waals surface area contributed by atoms with E-state index < -0.39 is 27.9 Å². The normalized spacial score (nSPS) is 14.1. The molecule has 9 nitrogen and oxygen atoms in total. The summed E-state index contributed by atoms with van der Waals surface area (Å²) in [6.07, 6.45) is 0.597. The van der Waals surface area contributed by atoms with Gasteiger partial charge in [0.2, 0.25) is 5.91 Å². The molecule has 1 fully saturated rings. The van der Waals surface area contributed by atoms with E-state index in [1.807, 2.05) is 0 Å². The van der Waals surface area contributed by atoms with Gasteiger partial charge in [-0.05, 0) is 61.4 Å². The van der Waals surface area contributed by atoms with Crippen molar-refractivity contribution in [3.63, 3.8) is 0 Å². The molecule has 0 aromatic heterocycles. The van der Waals surface area contributed by atoms with Crippen LogP contribution in [0, 0.1) is 0 Å². The van der Waals surface area contributed by atoms with Crippen molar-refractivity contribution in [2.75, 3.05) is 23.9 Å². The van der Waals surface area contributed by atoms with Gasteiger partial charge in [-0.25, -0.2) is 8.42 Å². The van der Waals surface area contributed by atoms with Crippen molar-refractivity contribution in [1.29, 1.82) is 0 Å². The largest absolute Gasteiger partial charge is 0.393 e. The molecule has 1 aliphatic heterocycles.